The van der Waals surface area contributed by atoms with E-state index in [1.807, 2.05) is 0 Å². The lowest BCUT2D eigenvalue weighted by Gasteiger charge is -2.06. The van der Waals surface area contributed by atoms with Crippen molar-refractivity contribution in [3.05, 3.63) is 40.3 Å². The highest BCUT2D eigenvalue weighted by Crippen LogP contribution is 2.18. The quantitative estimate of drug-likeness (QED) is 0.629. The number of benzene rings is 1. The minimum atomic E-state index is -0.659. The van der Waals surface area contributed by atoms with Crippen molar-refractivity contribution in [2.75, 3.05) is 11.9 Å². The molecule has 1 N–H and O–H groups in total. The van der Waals surface area contributed by atoms with Gasteiger partial charge in [-0.05, 0) is 19.1 Å². The van der Waals surface area contributed by atoms with E-state index in [2.05, 4.69) is 25.2 Å². The van der Waals surface area contributed by atoms with E-state index in [4.69, 9.17) is 4.74 Å². The molecule has 134 valence electrons. The molecule has 10 nitrogen and oxygen atoms in total. The largest absolute Gasteiger partial charge is 0.461 e. The number of hydrogen-bond donors (Lipinski definition) is 1. The van der Waals surface area contributed by atoms with Gasteiger partial charge in [-0.15, -0.1) is 10.2 Å². The second-order valence-corrected chi connectivity index (χ2v) is 5.86. The Labute approximate surface area is 151 Å². The minimum absolute atomic E-state index is 0.0346. The number of aryl methyl sites for hydroxylation is 1. The van der Waals surface area contributed by atoms with Gasteiger partial charge in [-0.3, -0.25) is 9.59 Å². The molecule has 26 heavy (non-hydrogen) atoms. The highest BCUT2D eigenvalue weighted by Gasteiger charge is 2.19. The van der Waals surface area contributed by atoms with Crippen LogP contribution in [0.3, 0.4) is 0 Å². The van der Waals surface area contributed by atoms with E-state index < -0.39 is 11.9 Å². The molecule has 3 aromatic rings. The first-order chi connectivity index (χ1) is 12.6. The van der Waals surface area contributed by atoms with Crippen molar-refractivity contribution in [3.63, 3.8) is 0 Å². The van der Waals surface area contributed by atoms with Crippen LogP contribution in [0.5, 0.6) is 0 Å². The molecule has 0 spiro atoms. The first-order valence-electron chi connectivity index (χ1n) is 7.72. The van der Waals surface area contributed by atoms with Crippen LogP contribution in [-0.4, -0.2) is 43.1 Å². The molecule has 2 heterocycles. The Morgan fingerprint density at radius 3 is 2.88 bits per heavy atom. The number of esters is 1. The van der Waals surface area contributed by atoms with Crippen LogP contribution in [0.1, 0.15) is 23.8 Å². The topological polar surface area (TPSA) is 129 Å². The molecule has 0 unspecified atom stereocenters. The number of carbonyl (C=O) groups excluding carboxylic acids is 2. The lowest BCUT2D eigenvalue weighted by Crippen LogP contribution is -2.26. The van der Waals surface area contributed by atoms with Crippen molar-refractivity contribution < 1.29 is 14.3 Å². The zero-order chi connectivity index (χ0) is 18.5. The lowest BCUT2D eigenvalue weighted by atomic mass is 10.2. The zero-order valence-corrected chi connectivity index (χ0v) is 14.5. The van der Waals surface area contributed by atoms with Crippen molar-refractivity contribution in [2.45, 2.75) is 19.9 Å². The highest BCUT2D eigenvalue weighted by atomic mass is 32.1. The van der Waals surface area contributed by atoms with E-state index >= 15 is 0 Å². The first kappa shape index (κ1) is 17.6. The SMILES string of the molecule is CCOC(=O)c1nnsc1NC(=O)CCn1nnc2ccccc2c1=O. The summed E-state index contributed by atoms with van der Waals surface area (Å²) in [6.45, 7) is 1.90. The minimum Gasteiger partial charge on any atom is -0.461 e. The van der Waals surface area contributed by atoms with E-state index in [0.717, 1.165) is 16.2 Å². The van der Waals surface area contributed by atoms with E-state index in [1.54, 1.807) is 31.2 Å². The Morgan fingerprint density at radius 2 is 2.08 bits per heavy atom. The van der Waals surface area contributed by atoms with Gasteiger partial charge in [-0.1, -0.05) is 21.8 Å². The molecule has 0 saturated heterocycles. The van der Waals surface area contributed by atoms with Gasteiger partial charge >= 0.3 is 5.97 Å². The third-order valence-electron chi connectivity index (χ3n) is 3.39. The molecule has 0 fully saturated rings. The molecule has 0 bridgehead atoms. The normalized spacial score (nSPS) is 10.7. The van der Waals surface area contributed by atoms with Gasteiger partial charge in [0, 0.05) is 18.0 Å². The number of nitrogens with one attached hydrogen (secondary N) is 1. The van der Waals surface area contributed by atoms with E-state index in [-0.39, 0.29) is 35.8 Å². The van der Waals surface area contributed by atoms with Gasteiger partial charge in [-0.2, -0.15) is 0 Å². The second kappa shape index (κ2) is 7.78. The molecular weight excluding hydrogens is 360 g/mol. The Hall–Kier alpha value is -3.21. The van der Waals surface area contributed by atoms with Gasteiger partial charge in [0.25, 0.3) is 5.56 Å². The third kappa shape index (κ3) is 3.72. The number of fused-ring (bicyclic) bond motifs is 1. The van der Waals surface area contributed by atoms with Crippen molar-refractivity contribution in [3.8, 4) is 0 Å². The van der Waals surface area contributed by atoms with Crippen molar-refractivity contribution in [2.24, 2.45) is 0 Å². The van der Waals surface area contributed by atoms with Crippen LogP contribution in [0.25, 0.3) is 10.9 Å². The van der Waals surface area contributed by atoms with Gasteiger partial charge in [0.2, 0.25) is 11.6 Å². The molecule has 0 saturated carbocycles. The van der Waals surface area contributed by atoms with Crippen LogP contribution < -0.4 is 10.9 Å². The molecule has 11 heteroatoms. The first-order valence-corrected chi connectivity index (χ1v) is 8.49. The molecule has 0 atom stereocenters. The molecule has 0 aliphatic heterocycles. The average Bonchev–Trinajstić information content (AvgIpc) is 3.10. The number of carbonyl (C=O) groups is 2. The van der Waals surface area contributed by atoms with E-state index in [9.17, 15) is 14.4 Å². The van der Waals surface area contributed by atoms with Gasteiger partial charge < -0.3 is 10.1 Å². The van der Waals surface area contributed by atoms with Gasteiger partial charge in [0.05, 0.1) is 18.5 Å². The van der Waals surface area contributed by atoms with Crippen molar-refractivity contribution in [1.82, 2.24) is 24.6 Å². The summed E-state index contributed by atoms with van der Waals surface area (Å²) in [5.74, 6) is -1.07. The number of hydrogen-bond acceptors (Lipinski definition) is 9. The fourth-order valence-corrected chi connectivity index (χ4v) is 2.75. The molecular formula is C15H14N6O4S. The summed E-state index contributed by atoms with van der Waals surface area (Å²) in [6.07, 6.45) is -0.0346. The summed E-state index contributed by atoms with van der Waals surface area (Å²) in [5.41, 5.74) is 0.121. The summed E-state index contributed by atoms with van der Waals surface area (Å²) in [4.78, 5) is 36.2. The van der Waals surface area contributed by atoms with Crippen molar-refractivity contribution >= 4 is 39.3 Å². The zero-order valence-electron chi connectivity index (χ0n) is 13.7. The van der Waals surface area contributed by atoms with Crippen LogP contribution in [0.15, 0.2) is 29.1 Å². The summed E-state index contributed by atoms with van der Waals surface area (Å²) < 4.78 is 9.61. The van der Waals surface area contributed by atoms with Crippen LogP contribution in [0.2, 0.25) is 0 Å². The van der Waals surface area contributed by atoms with Crippen molar-refractivity contribution in [1.29, 1.82) is 0 Å². The molecule has 0 radical (unpaired) electrons. The molecule has 3 rings (SSSR count). The monoisotopic (exact) mass is 374 g/mol. The number of anilines is 1. The number of nitrogens with zero attached hydrogens (tertiary/aromatic N) is 5. The standard InChI is InChI=1S/C15H14N6O4S/c1-2-25-15(24)12-13(26-20-18-12)16-11(22)7-8-21-14(23)9-5-3-4-6-10(9)17-19-21/h3-6H,2,7-8H2,1H3,(H,16,22). The summed E-state index contributed by atoms with van der Waals surface area (Å²) in [5, 5.41) is 14.6. The Morgan fingerprint density at radius 1 is 1.27 bits per heavy atom. The second-order valence-electron chi connectivity index (χ2n) is 5.10. The van der Waals surface area contributed by atoms with E-state index in [1.165, 1.54) is 0 Å². The van der Waals surface area contributed by atoms with Gasteiger partial charge in [0.1, 0.15) is 5.52 Å². The Kier molecular flexibility index (Phi) is 5.27. The molecule has 0 aliphatic carbocycles. The molecule has 1 amide bonds. The summed E-state index contributed by atoms with van der Waals surface area (Å²) >= 11 is 0.868. The molecule has 2 aromatic heterocycles. The third-order valence-corrected chi connectivity index (χ3v) is 4.03. The average molecular weight is 374 g/mol. The molecule has 1 aromatic carbocycles. The number of ether oxygens (including phenoxy) is 1. The fraction of sp³-hybridized carbons (Fsp3) is 0.267. The number of amides is 1. The summed E-state index contributed by atoms with van der Waals surface area (Å²) in [7, 11) is 0. The highest BCUT2D eigenvalue weighted by molar-refractivity contribution is 7.10. The Balaban J connectivity index is 1.67. The molecule has 0 aliphatic rings. The fourth-order valence-electron chi connectivity index (χ4n) is 2.17. The maximum Gasteiger partial charge on any atom is 0.362 e. The predicted octanol–water partition coefficient (Wildman–Crippen LogP) is 0.848. The van der Waals surface area contributed by atoms with Crippen LogP contribution in [0, 0.1) is 0 Å². The van der Waals surface area contributed by atoms with Gasteiger partial charge in [0.15, 0.2) is 5.00 Å². The predicted molar refractivity (Wildman–Crippen MR) is 92.9 cm³/mol. The van der Waals surface area contributed by atoms with Crippen LogP contribution in [-0.2, 0) is 16.1 Å². The smallest absolute Gasteiger partial charge is 0.362 e. The lowest BCUT2D eigenvalue weighted by molar-refractivity contribution is -0.116. The Bertz CT molecular complexity index is 1010. The van der Waals surface area contributed by atoms with Crippen LogP contribution >= 0.6 is 11.5 Å². The summed E-state index contributed by atoms with van der Waals surface area (Å²) in [6, 6.07) is 6.83. The number of rotatable bonds is 6. The van der Waals surface area contributed by atoms with Crippen LogP contribution in [0.4, 0.5) is 5.00 Å². The number of aromatic nitrogens is 5. The van der Waals surface area contributed by atoms with Gasteiger partial charge in [-0.25, -0.2) is 9.48 Å². The van der Waals surface area contributed by atoms with E-state index in [0.29, 0.717) is 10.9 Å². The maximum absolute atomic E-state index is 12.3. The maximum atomic E-state index is 12.3.